The second-order valence-electron chi connectivity index (χ2n) is 5.26. The summed E-state index contributed by atoms with van der Waals surface area (Å²) in [6.07, 6.45) is 5.74. The first kappa shape index (κ1) is 11.3. The molecular formula is C15H19N3. The molecule has 1 heterocycles. The molecule has 2 atom stereocenters. The Morgan fingerprint density at radius 2 is 2.17 bits per heavy atom. The SMILES string of the molecule is CC1CCCC1Nc1ccnc2c(N)cccc12. The van der Waals surface area contributed by atoms with Crippen LogP contribution in [0.2, 0.25) is 0 Å². The van der Waals surface area contributed by atoms with E-state index in [0.29, 0.717) is 6.04 Å². The minimum absolute atomic E-state index is 0.581. The van der Waals surface area contributed by atoms with Crippen LogP contribution in [0.15, 0.2) is 30.5 Å². The van der Waals surface area contributed by atoms with E-state index in [1.807, 2.05) is 24.4 Å². The summed E-state index contributed by atoms with van der Waals surface area (Å²) < 4.78 is 0. The number of benzene rings is 1. The summed E-state index contributed by atoms with van der Waals surface area (Å²) in [4.78, 5) is 4.37. The number of hydrogen-bond donors (Lipinski definition) is 2. The van der Waals surface area contributed by atoms with Crippen molar-refractivity contribution in [3.05, 3.63) is 30.5 Å². The fourth-order valence-electron chi connectivity index (χ4n) is 2.88. The molecular weight excluding hydrogens is 222 g/mol. The molecule has 3 heteroatoms. The van der Waals surface area contributed by atoms with E-state index in [0.717, 1.165) is 28.2 Å². The highest BCUT2D eigenvalue weighted by atomic mass is 14.9. The Hall–Kier alpha value is -1.77. The Balaban J connectivity index is 1.99. The maximum atomic E-state index is 5.97. The van der Waals surface area contributed by atoms with Crippen LogP contribution in [0.3, 0.4) is 0 Å². The molecule has 2 aromatic rings. The molecule has 0 radical (unpaired) electrons. The van der Waals surface area contributed by atoms with Gasteiger partial charge in [-0.1, -0.05) is 25.5 Å². The van der Waals surface area contributed by atoms with Crippen molar-refractivity contribution in [2.24, 2.45) is 5.92 Å². The van der Waals surface area contributed by atoms with Crippen LogP contribution in [0.1, 0.15) is 26.2 Å². The lowest BCUT2D eigenvalue weighted by molar-refractivity contribution is 0.557. The van der Waals surface area contributed by atoms with Gasteiger partial charge in [0.1, 0.15) is 0 Å². The number of anilines is 2. The summed E-state index contributed by atoms with van der Waals surface area (Å²) in [7, 11) is 0. The van der Waals surface area contributed by atoms with Gasteiger partial charge in [-0.2, -0.15) is 0 Å². The summed E-state index contributed by atoms with van der Waals surface area (Å²) in [5, 5.41) is 4.79. The molecule has 1 aromatic carbocycles. The molecule has 1 aliphatic rings. The number of hydrogen-bond acceptors (Lipinski definition) is 3. The van der Waals surface area contributed by atoms with Crippen molar-refractivity contribution in [1.29, 1.82) is 0 Å². The van der Waals surface area contributed by atoms with E-state index < -0.39 is 0 Å². The average Bonchev–Trinajstić information content (AvgIpc) is 2.77. The Morgan fingerprint density at radius 1 is 1.28 bits per heavy atom. The summed E-state index contributed by atoms with van der Waals surface area (Å²) in [5.74, 6) is 0.745. The number of nitrogens with one attached hydrogen (secondary N) is 1. The van der Waals surface area contributed by atoms with E-state index >= 15 is 0 Å². The van der Waals surface area contributed by atoms with Gasteiger partial charge in [0.05, 0.1) is 11.2 Å². The monoisotopic (exact) mass is 241 g/mol. The third kappa shape index (κ3) is 1.90. The van der Waals surface area contributed by atoms with Crippen molar-refractivity contribution in [3.8, 4) is 0 Å². The van der Waals surface area contributed by atoms with Gasteiger partial charge in [-0.25, -0.2) is 0 Å². The molecule has 0 spiro atoms. The first-order valence-corrected chi connectivity index (χ1v) is 6.65. The summed E-state index contributed by atoms with van der Waals surface area (Å²) in [5.41, 5.74) is 8.77. The van der Waals surface area contributed by atoms with Crippen LogP contribution in [-0.2, 0) is 0 Å². The maximum Gasteiger partial charge on any atom is 0.0951 e. The number of para-hydroxylation sites is 1. The van der Waals surface area contributed by atoms with Crippen molar-refractivity contribution < 1.29 is 0 Å². The quantitative estimate of drug-likeness (QED) is 0.792. The lowest BCUT2D eigenvalue weighted by Gasteiger charge is -2.20. The van der Waals surface area contributed by atoms with Gasteiger partial charge in [-0.15, -0.1) is 0 Å². The average molecular weight is 241 g/mol. The van der Waals surface area contributed by atoms with Crippen molar-refractivity contribution in [2.45, 2.75) is 32.2 Å². The van der Waals surface area contributed by atoms with Crippen molar-refractivity contribution in [2.75, 3.05) is 11.1 Å². The number of pyridine rings is 1. The predicted octanol–water partition coefficient (Wildman–Crippen LogP) is 3.42. The third-order valence-electron chi connectivity index (χ3n) is 4.00. The van der Waals surface area contributed by atoms with E-state index in [-0.39, 0.29) is 0 Å². The van der Waals surface area contributed by atoms with Crippen LogP contribution in [0.5, 0.6) is 0 Å². The van der Waals surface area contributed by atoms with Crippen LogP contribution < -0.4 is 11.1 Å². The van der Waals surface area contributed by atoms with E-state index in [1.165, 1.54) is 19.3 Å². The maximum absolute atomic E-state index is 5.97. The Labute approximate surface area is 107 Å². The number of nitrogens with two attached hydrogens (primary N) is 1. The molecule has 0 aliphatic heterocycles. The van der Waals surface area contributed by atoms with E-state index in [4.69, 9.17) is 5.73 Å². The zero-order chi connectivity index (χ0) is 12.5. The molecule has 0 amide bonds. The van der Waals surface area contributed by atoms with Crippen LogP contribution in [0.25, 0.3) is 10.9 Å². The Morgan fingerprint density at radius 3 is 2.94 bits per heavy atom. The minimum Gasteiger partial charge on any atom is -0.397 e. The van der Waals surface area contributed by atoms with E-state index in [1.54, 1.807) is 0 Å². The number of aromatic nitrogens is 1. The molecule has 3 nitrogen and oxygen atoms in total. The van der Waals surface area contributed by atoms with E-state index in [9.17, 15) is 0 Å². The van der Waals surface area contributed by atoms with Gasteiger partial charge in [0.25, 0.3) is 0 Å². The fourth-order valence-corrected chi connectivity index (χ4v) is 2.88. The number of fused-ring (bicyclic) bond motifs is 1. The number of rotatable bonds is 2. The summed E-state index contributed by atoms with van der Waals surface area (Å²) >= 11 is 0. The van der Waals surface area contributed by atoms with Gasteiger partial charge < -0.3 is 11.1 Å². The first-order valence-electron chi connectivity index (χ1n) is 6.65. The van der Waals surface area contributed by atoms with Crippen molar-refractivity contribution in [3.63, 3.8) is 0 Å². The lowest BCUT2D eigenvalue weighted by atomic mass is 10.1. The van der Waals surface area contributed by atoms with Crippen LogP contribution >= 0.6 is 0 Å². The molecule has 3 N–H and O–H groups in total. The van der Waals surface area contributed by atoms with Gasteiger partial charge in [-0.05, 0) is 30.9 Å². The second kappa shape index (κ2) is 4.48. The second-order valence-corrected chi connectivity index (χ2v) is 5.26. The van der Waals surface area contributed by atoms with Gasteiger partial charge in [0.2, 0.25) is 0 Å². The summed E-state index contributed by atoms with van der Waals surface area (Å²) in [6.45, 7) is 2.32. The molecule has 94 valence electrons. The molecule has 18 heavy (non-hydrogen) atoms. The third-order valence-corrected chi connectivity index (χ3v) is 4.00. The topological polar surface area (TPSA) is 50.9 Å². The highest BCUT2D eigenvalue weighted by Crippen LogP contribution is 2.31. The van der Waals surface area contributed by atoms with Gasteiger partial charge in [-0.3, -0.25) is 4.98 Å². The highest BCUT2D eigenvalue weighted by molar-refractivity contribution is 5.97. The zero-order valence-electron chi connectivity index (χ0n) is 10.7. The van der Waals surface area contributed by atoms with Crippen molar-refractivity contribution >= 4 is 22.3 Å². The molecule has 1 fully saturated rings. The Kier molecular flexibility index (Phi) is 2.82. The molecule has 3 rings (SSSR count). The molecule has 2 unspecified atom stereocenters. The number of nitrogens with zero attached hydrogens (tertiary/aromatic N) is 1. The van der Waals surface area contributed by atoms with Crippen molar-refractivity contribution in [1.82, 2.24) is 4.98 Å². The lowest BCUT2D eigenvalue weighted by Crippen LogP contribution is -2.21. The predicted molar refractivity (Wildman–Crippen MR) is 76.6 cm³/mol. The standard InChI is InChI=1S/C15H19N3/c1-10-4-2-7-13(10)18-14-8-9-17-15-11(14)5-3-6-12(15)16/h3,5-6,8-10,13H,2,4,7,16H2,1H3,(H,17,18). The number of nitrogen functional groups attached to an aromatic ring is 1. The molecule has 1 aliphatic carbocycles. The summed E-state index contributed by atoms with van der Waals surface area (Å²) in [6, 6.07) is 8.60. The molecule has 0 bridgehead atoms. The minimum atomic E-state index is 0.581. The largest absolute Gasteiger partial charge is 0.397 e. The first-order chi connectivity index (χ1) is 8.75. The van der Waals surface area contributed by atoms with Crippen LogP contribution in [-0.4, -0.2) is 11.0 Å². The Bertz CT molecular complexity index is 565. The van der Waals surface area contributed by atoms with Crippen LogP contribution in [0.4, 0.5) is 11.4 Å². The van der Waals surface area contributed by atoms with Crippen LogP contribution in [0, 0.1) is 5.92 Å². The fraction of sp³-hybridized carbons (Fsp3) is 0.400. The van der Waals surface area contributed by atoms with Gasteiger partial charge in [0.15, 0.2) is 0 Å². The highest BCUT2D eigenvalue weighted by Gasteiger charge is 2.23. The van der Waals surface area contributed by atoms with Gasteiger partial charge in [0, 0.05) is 23.3 Å². The van der Waals surface area contributed by atoms with Gasteiger partial charge >= 0.3 is 0 Å². The smallest absolute Gasteiger partial charge is 0.0951 e. The normalized spacial score (nSPS) is 23.4. The molecule has 1 saturated carbocycles. The molecule has 1 aromatic heterocycles. The van der Waals surface area contributed by atoms with E-state index in [2.05, 4.69) is 23.3 Å². The zero-order valence-corrected chi connectivity index (χ0v) is 10.7. The molecule has 0 saturated heterocycles.